The standard InChI is InChI=1S/C12H12O7/c1-17-10(14)6-4-7(11(15)18-2)9(13)8(5-6)12(16)19-3/h4-5,13H,1-3H3. The predicted molar refractivity (Wildman–Crippen MR) is 62.1 cm³/mol. The van der Waals surface area contributed by atoms with E-state index in [2.05, 4.69) is 14.2 Å². The van der Waals surface area contributed by atoms with Crippen LogP contribution in [0.4, 0.5) is 0 Å². The van der Waals surface area contributed by atoms with Gasteiger partial charge in [0, 0.05) is 0 Å². The highest BCUT2D eigenvalue weighted by molar-refractivity contribution is 6.03. The van der Waals surface area contributed by atoms with E-state index in [9.17, 15) is 19.5 Å². The van der Waals surface area contributed by atoms with E-state index in [1.165, 1.54) is 0 Å². The van der Waals surface area contributed by atoms with Gasteiger partial charge < -0.3 is 19.3 Å². The molecule has 0 radical (unpaired) electrons. The summed E-state index contributed by atoms with van der Waals surface area (Å²) in [7, 11) is 3.35. The Hall–Kier alpha value is -2.57. The molecule has 7 nitrogen and oxygen atoms in total. The quantitative estimate of drug-likeness (QED) is 0.637. The van der Waals surface area contributed by atoms with Crippen molar-refractivity contribution in [2.24, 2.45) is 0 Å². The number of carbonyl (C=O) groups excluding carboxylic acids is 3. The fraction of sp³-hybridized carbons (Fsp3) is 0.250. The average molecular weight is 268 g/mol. The molecule has 19 heavy (non-hydrogen) atoms. The van der Waals surface area contributed by atoms with Crippen LogP contribution < -0.4 is 0 Å². The highest BCUT2D eigenvalue weighted by atomic mass is 16.5. The molecule has 0 aliphatic rings. The number of hydrogen-bond donors (Lipinski definition) is 1. The van der Waals surface area contributed by atoms with Crippen molar-refractivity contribution in [2.45, 2.75) is 0 Å². The minimum absolute atomic E-state index is 0.0823. The number of hydrogen-bond acceptors (Lipinski definition) is 7. The molecular formula is C12H12O7. The number of methoxy groups -OCH3 is 3. The van der Waals surface area contributed by atoms with Gasteiger partial charge in [-0.15, -0.1) is 0 Å². The van der Waals surface area contributed by atoms with Crippen LogP contribution in [0.25, 0.3) is 0 Å². The smallest absolute Gasteiger partial charge is 0.341 e. The van der Waals surface area contributed by atoms with Crippen molar-refractivity contribution in [1.29, 1.82) is 0 Å². The highest BCUT2D eigenvalue weighted by Gasteiger charge is 2.23. The van der Waals surface area contributed by atoms with Crippen LogP contribution in [0.2, 0.25) is 0 Å². The second-order valence-electron chi connectivity index (χ2n) is 3.39. The lowest BCUT2D eigenvalue weighted by molar-refractivity contribution is 0.0592. The lowest BCUT2D eigenvalue weighted by atomic mass is 10.0. The van der Waals surface area contributed by atoms with Crippen molar-refractivity contribution in [3.8, 4) is 5.75 Å². The lowest BCUT2D eigenvalue weighted by Crippen LogP contribution is -2.11. The Labute approximate surface area is 108 Å². The normalized spacial score (nSPS) is 9.63. The van der Waals surface area contributed by atoms with Gasteiger partial charge in [0.2, 0.25) is 0 Å². The van der Waals surface area contributed by atoms with Gasteiger partial charge in [-0.25, -0.2) is 14.4 Å². The van der Waals surface area contributed by atoms with Gasteiger partial charge in [0.1, 0.15) is 16.9 Å². The van der Waals surface area contributed by atoms with Gasteiger partial charge in [-0.1, -0.05) is 0 Å². The molecule has 0 amide bonds. The minimum atomic E-state index is -0.895. The van der Waals surface area contributed by atoms with Crippen LogP contribution in [0.1, 0.15) is 31.1 Å². The molecule has 0 bridgehead atoms. The average Bonchev–Trinajstić information content (AvgIpc) is 2.44. The number of phenolic OH excluding ortho intramolecular Hbond substituents is 1. The molecular weight excluding hydrogens is 256 g/mol. The molecule has 1 rings (SSSR count). The number of phenols is 1. The van der Waals surface area contributed by atoms with Crippen LogP contribution in [0, 0.1) is 0 Å². The predicted octanol–water partition coefficient (Wildman–Crippen LogP) is 0.752. The van der Waals surface area contributed by atoms with E-state index in [1.54, 1.807) is 0 Å². The molecule has 0 fully saturated rings. The lowest BCUT2D eigenvalue weighted by Gasteiger charge is -2.09. The minimum Gasteiger partial charge on any atom is -0.506 e. The van der Waals surface area contributed by atoms with Crippen molar-refractivity contribution in [1.82, 2.24) is 0 Å². The zero-order valence-electron chi connectivity index (χ0n) is 10.6. The molecule has 1 aromatic carbocycles. The van der Waals surface area contributed by atoms with Crippen molar-refractivity contribution < 1.29 is 33.7 Å². The number of aromatic hydroxyl groups is 1. The van der Waals surface area contributed by atoms with E-state index in [0.717, 1.165) is 33.5 Å². The molecule has 1 N–H and O–H groups in total. The Kier molecular flexibility index (Phi) is 4.46. The van der Waals surface area contributed by atoms with Gasteiger partial charge in [-0.3, -0.25) is 0 Å². The largest absolute Gasteiger partial charge is 0.506 e. The molecule has 0 unspecified atom stereocenters. The summed E-state index contributed by atoms with van der Waals surface area (Å²) in [5, 5.41) is 9.82. The number of ether oxygens (including phenoxy) is 3. The third-order valence-electron chi connectivity index (χ3n) is 2.34. The highest BCUT2D eigenvalue weighted by Crippen LogP contribution is 2.26. The fourth-order valence-corrected chi connectivity index (χ4v) is 1.40. The molecule has 0 heterocycles. The molecule has 0 spiro atoms. The van der Waals surface area contributed by atoms with Crippen molar-refractivity contribution >= 4 is 17.9 Å². The van der Waals surface area contributed by atoms with Gasteiger partial charge in [0.15, 0.2) is 0 Å². The van der Waals surface area contributed by atoms with Gasteiger partial charge in [0.25, 0.3) is 0 Å². The molecule has 1 aromatic rings. The van der Waals surface area contributed by atoms with E-state index in [1.807, 2.05) is 0 Å². The summed E-state index contributed by atoms with van der Waals surface area (Å²) in [6.07, 6.45) is 0. The number of carbonyl (C=O) groups is 3. The molecule has 0 saturated heterocycles. The summed E-state index contributed by atoms with van der Waals surface area (Å²) in [4.78, 5) is 34.4. The molecule has 0 aromatic heterocycles. The molecule has 0 aliphatic heterocycles. The Morgan fingerprint density at radius 3 is 1.53 bits per heavy atom. The Bertz CT molecular complexity index is 496. The van der Waals surface area contributed by atoms with Crippen LogP contribution in [-0.2, 0) is 14.2 Å². The summed E-state index contributed by atoms with van der Waals surface area (Å²) in [6, 6.07) is 2.14. The number of esters is 3. The van der Waals surface area contributed by atoms with Crippen LogP contribution >= 0.6 is 0 Å². The first-order valence-corrected chi connectivity index (χ1v) is 5.08. The van der Waals surface area contributed by atoms with Crippen LogP contribution in [0.5, 0.6) is 5.75 Å². The molecule has 102 valence electrons. The van der Waals surface area contributed by atoms with Gasteiger partial charge in [0.05, 0.1) is 26.9 Å². The van der Waals surface area contributed by atoms with Crippen LogP contribution in [-0.4, -0.2) is 44.3 Å². The monoisotopic (exact) mass is 268 g/mol. The second-order valence-corrected chi connectivity index (χ2v) is 3.39. The Morgan fingerprint density at radius 2 is 1.21 bits per heavy atom. The second kappa shape index (κ2) is 5.85. The number of benzene rings is 1. The Balaban J connectivity index is 3.51. The maximum absolute atomic E-state index is 11.5. The molecule has 0 aliphatic carbocycles. The van der Waals surface area contributed by atoms with E-state index in [0.29, 0.717) is 0 Å². The van der Waals surface area contributed by atoms with Crippen molar-refractivity contribution in [2.75, 3.05) is 21.3 Å². The summed E-state index contributed by atoms with van der Waals surface area (Å²) >= 11 is 0. The van der Waals surface area contributed by atoms with Crippen molar-refractivity contribution in [3.05, 3.63) is 28.8 Å². The maximum Gasteiger partial charge on any atom is 0.341 e. The summed E-state index contributed by atoms with van der Waals surface area (Å²) < 4.78 is 13.4. The molecule has 0 atom stereocenters. The third kappa shape index (κ3) is 2.82. The van der Waals surface area contributed by atoms with E-state index >= 15 is 0 Å². The topological polar surface area (TPSA) is 99.1 Å². The Morgan fingerprint density at radius 1 is 0.842 bits per heavy atom. The van der Waals surface area contributed by atoms with Crippen molar-refractivity contribution in [3.63, 3.8) is 0 Å². The fourth-order valence-electron chi connectivity index (χ4n) is 1.40. The van der Waals surface area contributed by atoms with Gasteiger partial charge >= 0.3 is 17.9 Å². The van der Waals surface area contributed by atoms with E-state index < -0.39 is 23.7 Å². The van der Waals surface area contributed by atoms with Gasteiger partial charge in [-0.05, 0) is 12.1 Å². The number of rotatable bonds is 3. The zero-order chi connectivity index (χ0) is 14.6. The SMILES string of the molecule is COC(=O)c1cc(C(=O)OC)c(O)c(C(=O)OC)c1. The summed E-state index contributed by atoms with van der Waals surface area (Å²) in [5.41, 5.74) is -0.738. The van der Waals surface area contributed by atoms with Crippen LogP contribution in [0.15, 0.2) is 12.1 Å². The van der Waals surface area contributed by atoms with Gasteiger partial charge in [-0.2, -0.15) is 0 Å². The van der Waals surface area contributed by atoms with Crippen LogP contribution in [0.3, 0.4) is 0 Å². The molecule has 0 saturated carbocycles. The first kappa shape index (κ1) is 14.5. The summed E-state index contributed by atoms with van der Waals surface area (Å²) in [6.45, 7) is 0. The molecule has 7 heteroatoms. The third-order valence-corrected chi connectivity index (χ3v) is 2.34. The first-order valence-electron chi connectivity index (χ1n) is 5.08. The summed E-state index contributed by atoms with van der Waals surface area (Å²) in [5.74, 6) is -3.18. The van der Waals surface area contributed by atoms with E-state index in [-0.39, 0.29) is 16.7 Å². The van der Waals surface area contributed by atoms with E-state index in [4.69, 9.17) is 0 Å². The zero-order valence-corrected chi connectivity index (χ0v) is 10.6. The first-order chi connectivity index (χ1) is 8.96. The maximum atomic E-state index is 11.5.